The van der Waals surface area contributed by atoms with Gasteiger partial charge in [0.05, 0.1) is 18.9 Å². The van der Waals surface area contributed by atoms with Crippen LogP contribution in [0, 0.1) is 12.8 Å². The molecule has 1 aromatic rings. The van der Waals surface area contributed by atoms with Crippen LogP contribution in [0.4, 0.5) is 0 Å². The van der Waals surface area contributed by atoms with Crippen molar-refractivity contribution in [1.29, 1.82) is 0 Å². The van der Waals surface area contributed by atoms with Crippen molar-refractivity contribution in [3.8, 4) is 5.75 Å². The quantitative estimate of drug-likeness (QED) is 0.869. The maximum Gasteiger partial charge on any atom is 0.310 e. The summed E-state index contributed by atoms with van der Waals surface area (Å²) in [4.78, 5) is 23.9. The van der Waals surface area contributed by atoms with E-state index in [1.807, 2.05) is 31.2 Å². The molecule has 19 heavy (non-hydrogen) atoms. The fourth-order valence-electron chi connectivity index (χ4n) is 1.89. The molecule has 5 heteroatoms. The number of aryl methyl sites for hydroxylation is 1. The van der Waals surface area contributed by atoms with E-state index in [1.54, 1.807) is 4.90 Å². The molecule has 5 nitrogen and oxygen atoms in total. The van der Waals surface area contributed by atoms with Gasteiger partial charge in [-0.15, -0.1) is 0 Å². The lowest BCUT2D eigenvalue weighted by Gasteiger charge is -2.36. The summed E-state index contributed by atoms with van der Waals surface area (Å²) in [5.74, 6) is -0.544. The van der Waals surface area contributed by atoms with Crippen LogP contribution in [0.1, 0.15) is 12.0 Å². The minimum atomic E-state index is -0.833. The molecule has 0 saturated carbocycles. The summed E-state index contributed by atoms with van der Waals surface area (Å²) in [6.45, 7) is 2.95. The molecule has 1 heterocycles. The van der Waals surface area contributed by atoms with Crippen molar-refractivity contribution in [3.05, 3.63) is 29.8 Å². The van der Waals surface area contributed by atoms with Crippen molar-refractivity contribution in [2.45, 2.75) is 13.3 Å². The van der Waals surface area contributed by atoms with Crippen LogP contribution in [-0.4, -0.2) is 41.6 Å². The van der Waals surface area contributed by atoms with Crippen LogP contribution in [0.25, 0.3) is 0 Å². The lowest BCUT2D eigenvalue weighted by molar-refractivity contribution is -0.152. The van der Waals surface area contributed by atoms with E-state index in [0.717, 1.165) is 11.3 Å². The Morgan fingerprint density at radius 1 is 1.32 bits per heavy atom. The van der Waals surface area contributed by atoms with Crippen molar-refractivity contribution < 1.29 is 19.4 Å². The van der Waals surface area contributed by atoms with Gasteiger partial charge in [-0.05, 0) is 19.1 Å². The number of carboxylic acids is 1. The predicted molar refractivity (Wildman–Crippen MR) is 69.0 cm³/mol. The van der Waals surface area contributed by atoms with Gasteiger partial charge in [0, 0.05) is 13.1 Å². The van der Waals surface area contributed by atoms with Gasteiger partial charge >= 0.3 is 5.97 Å². The Balaban J connectivity index is 1.68. The van der Waals surface area contributed by atoms with E-state index in [0.29, 0.717) is 19.7 Å². The van der Waals surface area contributed by atoms with Gasteiger partial charge in [-0.1, -0.05) is 17.7 Å². The molecule has 1 aromatic carbocycles. The van der Waals surface area contributed by atoms with Gasteiger partial charge < -0.3 is 14.7 Å². The summed E-state index contributed by atoms with van der Waals surface area (Å²) >= 11 is 0. The number of carbonyl (C=O) groups excluding carboxylic acids is 1. The third-order valence-electron chi connectivity index (χ3n) is 3.19. The molecule has 0 bridgehead atoms. The third kappa shape index (κ3) is 3.47. The number of carbonyl (C=O) groups is 2. The molecule has 2 rings (SSSR count). The predicted octanol–water partition coefficient (Wildman–Crippen LogP) is 1.31. The minimum absolute atomic E-state index is 0.0513. The van der Waals surface area contributed by atoms with E-state index < -0.39 is 11.9 Å². The van der Waals surface area contributed by atoms with E-state index in [1.165, 1.54) is 0 Å². The van der Waals surface area contributed by atoms with Crippen molar-refractivity contribution in [1.82, 2.24) is 4.90 Å². The van der Waals surface area contributed by atoms with Crippen LogP contribution >= 0.6 is 0 Å². The van der Waals surface area contributed by atoms with Crippen LogP contribution < -0.4 is 4.74 Å². The van der Waals surface area contributed by atoms with Crippen molar-refractivity contribution in [2.75, 3.05) is 19.7 Å². The molecule has 0 radical (unpaired) electrons. The Kier molecular flexibility index (Phi) is 4.04. The molecule has 1 saturated heterocycles. The molecule has 0 spiro atoms. The van der Waals surface area contributed by atoms with Gasteiger partial charge in [0.2, 0.25) is 5.91 Å². The van der Waals surface area contributed by atoms with Crippen LogP contribution in [0.5, 0.6) is 5.75 Å². The highest BCUT2D eigenvalue weighted by Gasteiger charge is 2.35. The second-order valence-electron chi connectivity index (χ2n) is 4.75. The van der Waals surface area contributed by atoms with Crippen molar-refractivity contribution in [2.24, 2.45) is 5.92 Å². The Morgan fingerprint density at radius 2 is 1.95 bits per heavy atom. The summed E-state index contributed by atoms with van der Waals surface area (Å²) in [5.41, 5.74) is 1.16. The molecule has 0 atom stereocenters. The first-order valence-corrected chi connectivity index (χ1v) is 6.26. The molecule has 1 fully saturated rings. The maximum absolute atomic E-state index is 11.7. The lowest BCUT2D eigenvalue weighted by atomic mass is 10.0. The smallest absolute Gasteiger partial charge is 0.310 e. The standard InChI is InChI=1S/C14H17NO4/c1-10-2-4-12(5-3-10)19-7-6-13(16)15-8-11(9-15)14(17)18/h2-5,11H,6-9H2,1H3,(H,17,18). The van der Waals surface area contributed by atoms with Crippen molar-refractivity contribution >= 4 is 11.9 Å². The molecule has 0 aromatic heterocycles. The van der Waals surface area contributed by atoms with Crippen LogP contribution in [0.15, 0.2) is 24.3 Å². The zero-order chi connectivity index (χ0) is 13.8. The van der Waals surface area contributed by atoms with Gasteiger partial charge in [-0.2, -0.15) is 0 Å². The summed E-state index contributed by atoms with van der Waals surface area (Å²) in [5, 5.41) is 8.72. The number of nitrogens with zero attached hydrogens (tertiary/aromatic N) is 1. The fourth-order valence-corrected chi connectivity index (χ4v) is 1.89. The zero-order valence-corrected chi connectivity index (χ0v) is 10.8. The number of amides is 1. The summed E-state index contributed by atoms with van der Waals surface area (Å²) in [7, 11) is 0. The highest BCUT2D eigenvalue weighted by atomic mass is 16.5. The lowest BCUT2D eigenvalue weighted by Crippen LogP contribution is -2.53. The molecule has 0 unspecified atom stereocenters. The number of hydrogen-bond acceptors (Lipinski definition) is 3. The van der Waals surface area contributed by atoms with E-state index in [2.05, 4.69) is 0 Å². The molecular weight excluding hydrogens is 246 g/mol. The third-order valence-corrected chi connectivity index (χ3v) is 3.19. The first-order valence-electron chi connectivity index (χ1n) is 6.26. The molecular formula is C14H17NO4. The second kappa shape index (κ2) is 5.73. The van der Waals surface area contributed by atoms with Crippen LogP contribution in [-0.2, 0) is 9.59 Å². The zero-order valence-electron chi connectivity index (χ0n) is 10.8. The number of carboxylic acid groups (broad SMARTS) is 1. The normalized spacial score (nSPS) is 14.9. The van der Waals surface area contributed by atoms with Crippen LogP contribution in [0.3, 0.4) is 0 Å². The summed E-state index contributed by atoms with van der Waals surface area (Å²) in [6, 6.07) is 7.63. The topological polar surface area (TPSA) is 66.8 Å². The Hall–Kier alpha value is -2.04. The van der Waals surface area contributed by atoms with Crippen molar-refractivity contribution in [3.63, 3.8) is 0 Å². The highest BCUT2D eigenvalue weighted by molar-refractivity contribution is 5.81. The van der Waals surface area contributed by atoms with Gasteiger partial charge in [-0.25, -0.2) is 0 Å². The molecule has 1 aliphatic rings. The number of aliphatic carboxylic acids is 1. The first kappa shape index (κ1) is 13.4. The largest absolute Gasteiger partial charge is 0.493 e. The average molecular weight is 263 g/mol. The number of hydrogen-bond donors (Lipinski definition) is 1. The monoisotopic (exact) mass is 263 g/mol. The molecule has 102 valence electrons. The number of rotatable bonds is 5. The van der Waals surface area contributed by atoms with Gasteiger partial charge in [0.1, 0.15) is 5.75 Å². The Labute approximate surface area is 111 Å². The van der Waals surface area contributed by atoms with E-state index in [-0.39, 0.29) is 12.3 Å². The van der Waals surface area contributed by atoms with E-state index in [4.69, 9.17) is 9.84 Å². The summed E-state index contributed by atoms with van der Waals surface area (Å²) in [6.07, 6.45) is 0.278. The molecule has 1 N–H and O–H groups in total. The molecule has 1 amide bonds. The Bertz CT molecular complexity index is 463. The summed E-state index contributed by atoms with van der Waals surface area (Å²) < 4.78 is 5.46. The Morgan fingerprint density at radius 3 is 2.53 bits per heavy atom. The van der Waals surface area contributed by atoms with Gasteiger partial charge in [-0.3, -0.25) is 9.59 Å². The molecule has 0 aliphatic carbocycles. The van der Waals surface area contributed by atoms with Gasteiger partial charge in [0.25, 0.3) is 0 Å². The minimum Gasteiger partial charge on any atom is -0.493 e. The number of benzene rings is 1. The van der Waals surface area contributed by atoms with Crippen LogP contribution in [0.2, 0.25) is 0 Å². The average Bonchev–Trinajstić information content (AvgIpc) is 2.29. The van der Waals surface area contributed by atoms with E-state index in [9.17, 15) is 9.59 Å². The molecule has 1 aliphatic heterocycles. The SMILES string of the molecule is Cc1ccc(OCCC(=O)N2CC(C(=O)O)C2)cc1. The fraction of sp³-hybridized carbons (Fsp3) is 0.429. The number of likely N-dealkylation sites (tertiary alicyclic amines) is 1. The number of ether oxygens (including phenoxy) is 1. The second-order valence-corrected chi connectivity index (χ2v) is 4.75. The van der Waals surface area contributed by atoms with E-state index >= 15 is 0 Å². The first-order chi connectivity index (χ1) is 9.06. The van der Waals surface area contributed by atoms with Gasteiger partial charge in [0.15, 0.2) is 0 Å². The maximum atomic E-state index is 11.7. The highest BCUT2D eigenvalue weighted by Crippen LogP contribution is 2.17.